The summed E-state index contributed by atoms with van der Waals surface area (Å²) in [7, 11) is 7.16. The van der Waals surface area contributed by atoms with E-state index >= 15 is 0 Å². The molecule has 12 heteroatoms. The van der Waals surface area contributed by atoms with E-state index in [2.05, 4.69) is 20.8 Å². The van der Waals surface area contributed by atoms with Gasteiger partial charge in [-0.3, -0.25) is 19.6 Å². The second kappa shape index (κ2) is 21.4. The Morgan fingerprint density at radius 1 is 0.826 bits per heavy atom. The van der Waals surface area contributed by atoms with E-state index in [-0.39, 0.29) is 18.4 Å². The highest BCUT2D eigenvalue weighted by Crippen LogP contribution is 2.19. The Labute approximate surface area is 280 Å². The van der Waals surface area contributed by atoms with Crippen LogP contribution in [0.4, 0.5) is 11.4 Å². The average Bonchev–Trinajstić information content (AvgIpc) is 3.09. The topological polar surface area (TPSA) is 110 Å². The van der Waals surface area contributed by atoms with Crippen LogP contribution in [0.15, 0.2) is 119 Å². The number of anilines is 2. The van der Waals surface area contributed by atoms with Gasteiger partial charge in [-0.25, -0.2) is 0 Å². The number of nitrogens with one attached hydrogen (secondary N) is 2. The van der Waals surface area contributed by atoms with Crippen LogP contribution in [0, 0.1) is 0 Å². The molecule has 3 rings (SSSR count). The Morgan fingerprint density at radius 3 is 1.98 bits per heavy atom. The Bertz CT molecular complexity index is 1450. The molecule has 2 aromatic carbocycles. The van der Waals surface area contributed by atoms with Crippen LogP contribution in [0.5, 0.6) is 0 Å². The van der Waals surface area contributed by atoms with E-state index in [4.69, 9.17) is 0 Å². The van der Waals surface area contributed by atoms with Crippen LogP contribution in [0.2, 0.25) is 0 Å². The number of amides is 2. The van der Waals surface area contributed by atoms with Gasteiger partial charge in [0.1, 0.15) is 0 Å². The molecular formula is C34H44N8O2S2+2. The third-order valence-electron chi connectivity index (χ3n) is 6.42. The van der Waals surface area contributed by atoms with Crippen molar-refractivity contribution in [2.45, 2.75) is 13.5 Å². The summed E-state index contributed by atoms with van der Waals surface area (Å²) < 4.78 is 1.84. The average molecular weight is 661 g/mol. The van der Waals surface area contributed by atoms with E-state index in [9.17, 15) is 9.59 Å². The number of hydrogen-bond donors (Lipinski definition) is 3. The molecular weight excluding hydrogens is 617 g/mol. The fraction of sp³-hybridized carbons (Fsp3) is 0.265. The fourth-order valence-corrected chi connectivity index (χ4v) is 5.65. The van der Waals surface area contributed by atoms with Gasteiger partial charge in [0.2, 0.25) is 6.54 Å². The molecule has 2 amide bonds. The number of quaternary nitrogens is 1. The number of hydrogen-bond acceptors (Lipinski definition) is 8. The molecule has 1 heterocycles. The number of allylic oxidation sites excluding steroid dienone is 3. The first-order valence-corrected chi connectivity index (χ1v) is 17.5. The number of pyridine rings is 1. The lowest BCUT2D eigenvalue weighted by Crippen LogP contribution is -2.81. The SMILES string of the molecule is C/C=C(\C=C/[NH2+]CC(=O)NCCSSCCNC(=O)C[n+]1ccc(/C=N/N(C)c2ccccc2)cc1)/C=N/N(C)c1ccccc1. The zero-order valence-corrected chi connectivity index (χ0v) is 28.3. The predicted molar refractivity (Wildman–Crippen MR) is 193 cm³/mol. The number of nitrogens with two attached hydrogens (primary N) is 1. The maximum atomic E-state index is 12.3. The van der Waals surface area contributed by atoms with Gasteiger partial charge in [-0.1, -0.05) is 64.1 Å². The minimum Gasteiger partial charge on any atom is -0.350 e. The van der Waals surface area contributed by atoms with Crippen molar-refractivity contribution in [1.82, 2.24) is 10.6 Å². The maximum absolute atomic E-state index is 12.3. The van der Waals surface area contributed by atoms with Crippen LogP contribution < -0.4 is 30.5 Å². The first-order chi connectivity index (χ1) is 22.4. The van der Waals surface area contributed by atoms with Crippen LogP contribution in [0.3, 0.4) is 0 Å². The van der Waals surface area contributed by atoms with Gasteiger partial charge in [0, 0.05) is 56.4 Å². The molecule has 0 fully saturated rings. The maximum Gasteiger partial charge on any atom is 0.286 e. The van der Waals surface area contributed by atoms with Gasteiger partial charge < -0.3 is 16.0 Å². The number of hydrazone groups is 2. The molecule has 46 heavy (non-hydrogen) atoms. The van der Waals surface area contributed by atoms with Gasteiger partial charge in [-0.2, -0.15) is 14.8 Å². The number of aromatic nitrogens is 1. The van der Waals surface area contributed by atoms with Gasteiger partial charge in [0.25, 0.3) is 11.8 Å². The molecule has 1 aromatic heterocycles. The van der Waals surface area contributed by atoms with Crippen LogP contribution >= 0.6 is 21.6 Å². The Hall–Kier alpha value is -4.39. The Balaban J connectivity index is 1.19. The normalized spacial score (nSPS) is 11.8. The minimum absolute atomic E-state index is 0.0145. The summed E-state index contributed by atoms with van der Waals surface area (Å²) in [5, 5.41) is 20.3. The molecule has 0 aliphatic carbocycles. The summed E-state index contributed by atoms with van der Waals surface area (Å²) >= 11 is 0. The molecule has 0 unspecified atom stereocenters. The molecule has 10 nitrogen and oxygen atoms in total. The van der Waals surface area contributed by atoms with Gasteiger partial charge in [0.15, 0.2) is 18.9 Å². The number of carbonyl (C=O) groups is 2. The summed E-state index contributed by atoms with van der Waals surface area (Å²) in [6, 6.07) is 23.7. The van der Waals surface area contributed by atoms with Crippen molar-refractivity contribution in [3.05, 3.63) is 115 Å². The summed E-state index contributed by atoms with van der Waals surface area (Å²) in [6.07, 6.45) is 13.1. The smallest absolute Gasteiger partial charge is 0.286 e. The lowest BCUT2D eigenvalue weighted by atomic mass is 10.3. The van der Waals surface area contributed by atoms with Crippen molar-refractivity contribution < 1.29 is 19.5 Å². The van der Waals surface area contributed by atoms with Crippen LogP contribution in [-0.2, 0) is 16.1 Å². The van der Waals surface area contributed by atoms with Crippen molar-refractivity contribution in [3.8, 4) is 0 Å². The number of rotatable bonds is 19. The molecule has 3 aromatic rings. The van der Waals surface area contributed by atoms with Gasteiger partial charge >= 0.3 is 0 Å². The zero-order chi connectivity index (χ0) is 32.8. The molecule has 0 saturated heterocycles. The van der Waals surface area contributed by atoms with Crippen molar-refractivity contribution >= 4 is 57.2 Å². The van der Waals surface area contributed by atoms with Crippen molar-refractivity contribution in [3.63, 3.8) is 0 Å². The van der Waals surface area contributed by atoms with Crippen molar-refractivity contribution in [1.29, 1.82) is 0 Å². The highest BCUT2D eigenvalue weighted by molar-refractivity contribution is 8.76. The van der Waals surface area contributed by atoms with E-state index in [1.165, 1.54) is 0 Å². The number of carbonyl (C=O) groups excluding carboxylic acids is 2. The highest BCUT2D eigenvalue weighted by atomic mass is 33.1. The van der Waals surface area contributed by atoms with Crippen LogP contribution in [0.25, 0.3) is 0 Å². The Kier molecular flexibility index (Phi) is 16.8. The number of nitrogens with zero attached hydrogens (tertiary/aromatic N) is 5. The molecule has 0 spiro atoms. The van der Waals surface area contributed by atoms with Crippen molar-refractivity contribution in [2.75, 3.05) is 55.3 Å². The number of para-hydroxylation sites is 2. The molecule has 0 aliphatic heterocycles. The van der Waals surface area contributed by atoms with E-state index in [0.717, 1.165) is 34.0 Å². The van der Waals surface area contributed by atoms with Gasteiger partial charge in [-0.05, 0) is 42.8 Å². The molecule has 0 radical (unpaired) electrons. The van der Waals surface area contributed by atoms with Gasteiger partial charge in [-0.15, -0.1) is 0 Å². The first-order valence-electron chi connectivity index (χ1n) is 15.0. The number of benzene rings is 2. The molecule has 4 N–H and O–H groups in total. The van der Waals surface area contributed by atoms with Crippen LogP contribution in [-0.4, -0.2) is 69.5 Å². The first kappa shape index (κ1) is 36.1. The quantitative estimate of drug-likeness (QED) is 0.0455. The van der Waals surface area contributed by atoms with Gasteiger partial charge in [0.05, 0.1) is 30.0 Å². The third kappa shape index (κ3) is 14.6. The largest absolute Gasteiger partial charge is 0.350 e. The second-order valence-corrected chi connectivity index (χ2v) is 12.6. The lowest BCUT2D eigenvalue weighted by molar-refractivity contribution is -0.684. The monoisotopic (exact) mass is 660 g/mol. The fourth-order valence-electron chi connectivity index (χ4n) is 3.83. The van der Waals surface area contributed by atoms with E-state index < -0.39 is 0 Å². The van der Waals surface area contributed by atoms with E-state index in [1.54, 1.807) is 34.0 Å². The molecule has 0 aliphatic rings. The highest BCUT2D eigenvalue weighted by Gasteiger charge is 2.09. The summed E-state index contributed by atoms with van der Waals surface area (Å²) in [6.45, 7) is 3.71. The third-order valence-corrected chi connectivity index (χ3v) is 8.83. The second-order valence-electron chi connectivity index (χ2n) is 9.94. The van der Waals surface area contributed by atoms with Crippen molar-refractivity contribution in [2.24, 2.45) is 10.2 Å². The summed E-state index contributed by atoms with van der Waals surface area (Å²) in [5.74, 6) is 1.53. The van der Waals surface area contributed by atoms with Crippen LogP contribution in [0.1, 0.15) is 12.5 Å². The molecule has 0 bridgehead atoms. The minimum atomic E-state index is -0.0354. The molecule has 0 saturated carbocycles. The molecule has 242 valence electrons. The summed E-state index contributed by atoms with van der Waals surface area (Å²) in [4.78, 5) is 24.4. The van der Waals surface area contributed by atoms with E-state index in [1.807, 2.05) is 144 Å². The van der Waals surface area contributed by atoms with E-state index in [0.29, 0.717) is 19.6 Å². The Morgan fingerprint density at radius 2 is 1.39 bits per heavy atom. The molecule has 0 atom stereocenters. The summed E-state index contributed by atoms with van der Waals surface area (Å²) in [5.41, 5.74) is 3.91. The standard InChI is InChI=1S/C34H42N8O2S2/c1-4-29(25-38-40(2)31-11-7-5-8-12-31)15-18-35-27-33(43)36-19-23-45-46-24-20-37-34(44)28-42-21-16-30(17-22-42)26-39-41(3)32-13-9-6-10-14-32/h4-18,21-22,25-26,35H,19-20,23-24,27-28H2,1-3H3,(H-,36,37,43,44)/p+2/b18-15-,29-4+,38-25+. The lowest BCUT2D eigenvalue weighted by Gasteiger charge is -2.12. The predicted octanol–water partition coefficient (Wildman–Crippen LogP) is 3.20. The zero-order valence-electron chi connectivity index (χ0n) is 26.7.